The zero-order valence-corrected chi connectivity index (χ0v) is 28.1. The van der Waals surface area contributed by atoms with Gasteiger partial charge in [-0.3, -0.25) is 19.1 Å². The topological polar surface area (TPSA) is 160 Å². The number of amides is 3. The van der Waals surface area contributed by atoms with Crippen LogP contribution in [0.2, 0.25) is 0 Å². The average molecular weight is 750 g/mol. The van der Waals surface area contributed by atoms with Crippen molar-refractivity contribution in [2.45, 2.75) is 69.5 Å². The van der Waals surface area contributed by atoms with Crippen molar-refractivity contribution in [3.8, 4) is 5.75 Å². The molecule has 3 fully saturated rings. The van der Waals surface area contributed by atoms with Gasteiger partial charge >= 0.3 is 11.7 Å². The van der Waals surface area contributed by atoms with Gasteiger partial charge in [-0.05, 0) is 101 Å². The molecule has 0 aliphatic carbocycles. The van der Waals surface area contributed by atoms with Gasteiger partial charge in [0.25, 0.3) is 5.56 Å². The summed E-state index contributed by atoms with van der Waals surface area (Å²) in [5, 5.41) is 13.2. The monoisotopic (exact) mass is 748 g/mol. The van der Waals surface area contributed by atoms with E-state index >= 15 is 0 Å². The number of aromatic amines is 2. The fraction of sp³-hybridized carbons (Fsp3) is 0.567. The number of phenolic OH excluding ortho intramolecular Hbond substituents is 1. The lowest BCUT2D eigenvalue weighted by Crippen LogP contribution is -2.56. The van der Waals surface area contributed by atoms with E-state index in [0.29, 0.717) is 59.7 Å². The van der Waals surface area contributed by atoms with E-state index in [9.17, 15) is 24.3 Å². The molecule has 2 aromatic heterocycles. The Hall–Kier alpha value is -3.17. The van der Waals surface area contributed by atoms with Crippen LogP contribution in [-0.4, -0.2) is 103 Å². The molecule has 0 unspecified atom stereocenters. The highest BCUT2D eigenvalue weighted by molar-refractivity contribution is 9.11. The predicted octanol–water partition coefficient (Wildman–Crippen LogP) is 3.08. The smallest absolute Gasteiger partial charge is 0.328 e. The van der Waals surface area contributed by atoms with Gasteiger partial charge in [-0.1, -0.05) is 6.42 Å². The molecule has 5 heterocycles. The van der Waals surface area contributed by atoms with Gasteiger partial charge in [0.2, 0.25) is 5.91 Å². The summed E-state index contributed by atoms with van der Waals surface area (Å²) in [7, 11) is 0. The van der Waals surface area contributed by atoms with Gasteiger partial charge in [0, 0.05) is 44.7 Å². The molecule has 15 heteroatoms. The van der Waals surface area contributed by atoms with Crippen LogP contribution in [0.15, 0.2) is 37.0 Å². The van der Waals surface area contributed by atoms with Gasteiger partial charge < -0.3 is 30.1 Å². The number of piperidine rings is 3. The van der Waals surface area contributed by atoms with Crippen LogP contribution in [0.4, 0.5) is 4.79 Å². The maximum Gasteiger partial charge on any atom is 0.328 e. The normalized spacial score (nSPS) is 19.6. The maximum absolute atomic E-state index is 14.0. The summed E-state index contributed by atoms with van der Waals surface area (Å²) in [5.74, 6) is -0.0419. The van der Waals surface area contributed by atoms with Gasteiger partial charge in [-0.25, -0.2) is 14.6 Å². The third kappa shape index (κ3) is 6.85. The number of aromatic nitrogens is 4. The fourth-order valence-corrected chi connectivity index (χ4v) is 8.26. The molecule has 3 aromatic rings. The summed E-state index contributed by atoms with van der Waals surface area (Å²) in [6, 6.07) is 2.66. The maximum atomic E-state index is 14.0. The highest BCUT2D eigenvalue weighted by Gasteiger charge is 2.34. The Morgan fingerprint density at radius 1 is 0.933 bits per heavy atom. The Morgan fingerprint density at radius 3 is 2.22 bits per heavy atom. The number of rotatable bonds is 6. The molecular weight excluding hydrogens is 712 g/mol. The lowest BCUT2D eigenvalue weighted by atomic mass is 9.98. The second-order valence-corrected chi connectivity index (χ2v) is 13.9. The minimum Gasteiger partial charge on any atom is -0.506 e. The molecule has 6 rings (SSSR count). The number of urea groups is 1. The minimum absolute atomic E-state index is 0.0717. The van der Waals surface area contributed by atoms with Crippen LogP contribution >= 0.6 is 31.9 Å². The number of likely N-dealkylation sites (tertiary alicyclic amines) is 3. The summed E-state index contributed by atoms with van der Waals surface area (Å²) in [6.45, 7) is 4.30. The van der Waals surface area contributed by atoms with E-state index in [0.717, 1.165) is 31.5 Å². The van der Waals surface area contributed by atoms with E-state index in [1.165, 1.54) is 30.2 Å². The lowest BCUT2D eigenvalue weighted by Gasteiger charge is -2.41. The van der Waals surface area contributed by atoms with E-state index in [1.807, 2.05) is 4.90 Å². The molecule has 0 bridgehead atoms. The van der Waals surface area contributed by atoms with Crippen LogP contribution in [0.1, 0.15) is 56.6 Å². The molecule has 1 atom stereocenters. The van der Waals surface area contributed by atoms with Crippen LogP contribution in [0.3, 0.4) is 0 Å². The first-order valence-corrected chi connectivity index (χ1v) is 17.2. The number of phenols is 1. The van der Waals surface area contributed by atoms with Crippen LogP contribution in [0, 0.1) is 0 Å². The first-order valence-electron chi connectivity index (χ1n) is 15.6. The van der Waals surface area contributed by atoms with Crippen LogP contribution < -0.4 is 16.6 Å². The number of carbonyl (C=O) groups excluding carboxylic acids is 2. The molecule has 4 N–H and O–H groups in total. The fourth-order valence-electron chi connectivity index (χ4n) is 6.98. The van der Waals surface area contributed by atoms with Crippen molar-refractivity contribution in [3.05, 3.63) is 53.8 Å². The molecule has 0 saturated carbocycles. The number of nitrogens with one attached hydrogen (secondary N) is 3. The van der Waals surface area contributed by atoms with E-state index in [4.69, 9.17) is 0 Å². The SMILES string of the molecule is O=C(N[C@H](Cc1cc(Br)c(O)c(Br)c1)C(=O)N1CCC(N2CCCCC2)CC1)N1CCC(n2c(=O)[nH]c3c(=O)[nH]cnc32)CC1. The number of benzene rings is 1. The molecule has 242 valence electrons. The summed E-state index contributed by atoms with van der Waals surface area (Å²) in [5.41, 5.74) is 0.405. The minimum atomic E-state index is -0.794. The van der Waals surface area contributed by atoms with Crippen molar-refractivity contribution < 1.29 is 14.7 Å². The number of fused-ring (bicyclic) bond motifs is 1. The van der Waals surface area contributed by atoms with Gasteiger partial charge in [0.1, 0.15) is 11.8 Å². The standard InChI is InChI=1S/C30H38Br2N8O5/c31-21-14-18(15-22(32)25(21)41)16-23(28(43)38-10-4-19(5-11-38)37-8-2-1-3-9-37)35-29(44)39-12-6-20(7-13-39)40-26-24(36-30(40)45)27(42)34-17-33-26/h14-15,17,19-20,23,41H,1-13,16H2,(H,35,44)(H,36,45)(H,33,34,42)/t23-/m1/s1. The van der Waals surface area contributed by atoms with Crippen molar-refractivity contribution in [3.63, 3.8) is 0 Å². The molecule has 13 nitrogen and oxygen atoms in total. The number of aromatic hydroxyl groups is 1. The van der Waals surface area contributed by atoms with Crippen LogP contribution in [0.5, 0.6) is 5.75 Å². The van der Waals surface area contributed by atoms with Crippen molar-refractivity contribution in [2.75, 3.05) is 39.3 Å². The van der Waals surface area contributed by atoms with Crippen molar-refractivity contribution in [1.29, 1.82) is 0 Å². The Balaban J connectivity index is 1.13. The predicted molar refractivity (Wildman–Crippen MR) is 175 cm³/mol. The van der Waals surface area contributed by atoms with Gasteiger partial charge in [0.05, 0.1) is 15.3 Å². The number of halogens is 2. The Kier molecular flexibility index (Phi) is 9.66. The highest BCUT2D eigenvalue weighted by Crippen LogP contribution is 2.34. The summed E-state index contributed by atoms with van der Waals surface area (Å²) < 4.78 is 2.50. The molecule has 3 amide bonds. The van der Waals surface area contributed by atoms with Crippen LogP contribution in [-0.2, 0) is 11.2 Å². The molecular formula is C30H38Br2N8O5. The molecule has 1 aromatic carbocycles. The molecule has 0 spiro atoms. The highest BCUT2D eigenvalue weighted by atomic mass is 79.9. The van der Waals surface area contributed by atoms with E-state index in [2.05, 4.69) is 57.0 Å². The first kappa shape index (κ1) is 31.8. The van der Waals surface area contributed by atoms with E-state index in [-0.39, 0.29) is 35.7 Å². The number of hydrogen-bond acceptors (Lipinski definition) is 7. The largest absolute Gasteiger partial charge is 0.506 e. The Bertz CT molecular complexity index is 1640. The second-order valence-electron chi connectivity index (χ2n) is 12.2. The van der Waals surface area contributed by atoms with Crippen molar-refractivity contribution >= 4 is 55.0 Å². The molecule has 0 radical (unpaired) electrons. The number of hydrogen-bond donors (Lipinski definition) is 4. The summed E-state index contributed by atoms with van der Waals surface area (Å²) in [6.07, 6.45) is 8.12. The third-order valence-corrected chi connectivity index (χ3v) is 10.6. The first-order chi connectivity index (χ1) is 21.7. The number of H-pyrrole nitrogens is 2. The zero-order chi connectivity index (χ0) is 31.7. The van der Waals surface area contributed by atoms with Crippen molar-refractivity contribution in [2.24, 2.45) is 0 Å². The Morgan fingerprint density at radius 2 is 1.56 bits per heavy atom. The van der Waals surface area contributed by atoms with Crippen LogP contribution in [0.25, 0.3) is 11.2 Å². The van der Waals surface area contributed by atoms with Gasteiger partial charge in [0.15, 0.2) is 11.2 Å². The number of nitrogens with zero attached hydrogens (tertiary/aromatic N) is 5. The Labute approximate surface area is 276 Å². The lowest BCUT2D eigenvalue weighted by molar-refractivity contribution is -0.134. The van der Waals surface area contributed by atoms with E-state index in [1.54, 1.807) is 17.0 Å². The summed E-state index contributed by atoms with van der Waals surface area (Å²) >= 11 is 6.76. The molecule has 3 aliphatic rings. The van der Waals surface area contributed by atoms with Gasteiger partial charge in [-0.2, -0.15) is 0 Å². The van der Waals surface area contributed by atoms with E-state index < -0.39 is 17.3 Å². The number of imidazole rings is 1. The second kappa shape index (κ2) is 13.7. The van der Waals surface area contributed by atoms with Crippen molar-refractivity contribution in [1.82, 2.24) is 39.5 Å². The average Bonchev–Trinajstić information content (AvgIpc) is 3.40. The molecule has 45 heavy (non-hydrogen) atoms. The quantitative estimate of drug-likeness (QED) is 0.302. The summed E-state index contributed by atoms with van der Waals surface area (Å²) in [4.78, 5) is 67.7. The zero-order valence-electron chi connectivity index (χ0n) is 24.9. The van der Waals surface area contributed by atoms with Gasteiger partial charge in [-0.15, -0.1) is 0 Å². The molecule has 3 aliphatic heterocycles. The molecule has 3 saturated heterocycles. The number of carbonyl (C=O) groups is 2. The third-order valence-electron chi connectivity index (χ3n) is 9.42.